The summed E-state index contributed by atoms with van der Waals surface area (Å²) < 4.78 is 0. The molecule has 2 aliphatic rings. The van der Waals surface area contributed by atoms with Crippen LogP contribution in [0.25, 0.3) is 0 Å². The van der Waals surface area contributed by atoms with Crippen molar-refractivity contribution in [2.24, 2.45) is 5.92 Å². The van der Waals surface area contributed by atoms with Gasteiger partial charge in [0.25, 0.3) is 0 Å². The van der Waals surface area contributed by atoms with E-state index >= 15 is 0 Å². The summed E-state index contributed by atoms with van der Waals surface area (Å²) in [6.07, 6.45) is 4.45. The van der Waals surface area contributed by atoms with Gasteiger partial charge in [-0.05, 0) is 46.1 Å². The Hall–Kier alpha value is -0.280. The molecule has 1 aliphatic heterocycles. The van der Waals surface area contributed by atoms with Crippen molar-refractivity contribution in [3.8, 4) is 0 Å². The lowest BCUT2D eigenvalue weighted by Crippen LogP contribution is -2.49. The van der Waals surface area contributed by atoms with Gasteiger partial charge < -0.3 is 10.6 Å². The van der Waals surface area contributed by atoms with Crippen molar-refractivity contribution in [1.29, 1.82) is 0 Å². The maximum Gasteiger partial charge on any atom is 0.225 e. The fourth-order valence-electron chi connectivity index (χ4n) is 2.10. The molecule has 0 radical (unpaired) electrons. The van der Waals surface area contributed by atoms with Gasteiger partial charge in [-0.2, -0.15) is 0 Å². The Labute approximate surface area is 97.8 Å². The molecular formula is C11H21ClN2O. The summed E-state index contributed by atoms with van der Waals surface area (Å²) in [6.45, 7) is 5.30. The lowest BCUT2D eigenvalue weighted by atomic mass is 9.91. The molecule has 0 aromatic rings. The maximum absolute atomic E-state index is 11.9. The van der Waals surface area contributed by atoms with Crippen LogP contribution in [0.3, 0.4) is 0 Å². The number of rotatable bonds is 2. The minimum Gasteiger partial charge on any atom is -0.351 e. The molecule has 0 aromatic heterocycles. The maximum atomic E-state index is 11.9. The molecule has 2 fully saturated rings. The second-order valence-electron chi connectivity index (χ2n) is 5.04. The van der Waals surface area contributed by atoms with Crippen molar-refractivity contribution >= 4 is 18.3 Å². The van der Waals surface area contributed by atoms with Crippen LogP contribution in [0, 0.1) is 5.92 Å². The number of piperidine rings is 1. The van der Waals surface area contributed by atoms with E-state index in [1.807, 2.05) is 0 Å². The molecule has 1 saturated carbocycles. The monoisotopic (exact) mass is 232 g/mol. The second kappa shape index (κ2) is 4.71. The van der Waals surface area contributed by atoms with Crippen molar-refractivity contribution in [2.45, 2.75) is 51.1 Å². The molecule has 2 atom stereocenters. The van der Waals surface area contributed by atoms with Gasteiger partial charge in [-0.15, -0.1) is 12.4 Å². The predicted octanol–water partition coefficient (Wildman–Crippen LogP) is 1.46. The molecule has 15 heavy (non-hydrogen) atoms. The van der Waals surface area contributed by atoms with Crippen LogP contribution < -0.4 is 10.6 Å². The van der Waals surface area contributed by atoms with Gasteiger partial charge in [-0.3, -0.25) is 4.79 Å². The average Bonchev–Trinajstić information content (AvgIpc) is 2.84. The molecule has 2 N–H and O–H groups in total. The van der Waals surface area contributed by atoms with Crippen molar-refractivity contribution in [2.75, 3.05) is 6.54 Å². The number of carbonyl (C=O) groups is 1. The van der Waals surface area contributed by atoms with Crippen LogP contribution in [0.2, 0.25) is 0 Å². The van der Waals surface area contributed by atoms with Crippen LogP contribution in [0.4, 0.5) is 0 Å². The minimum absolute atomic E-state index is 0. The summed E-state index contributed by atoms with van der Waals surface area (Å²) in [7, 11) is 0. The Balaban J connectivity index is 0.00000112. The van der Waals surface area contributed by atoms with E-state index in [4.69, 9.17) is 0 Å². The SMILES string of the molecule is C[C@H]1NCCC[C@H]1C(=O)NC1(C)CC1.Cl. The van der Waals surface area contributed by atoms with Crippen molar-refractivity contribution in [3.63, 3.8) is 0 Å². The number of nitrogens with one attached hydrogen (secondary N) is 2. The van der Waals surface area contributed by atoms with Crippen LogP contribution in [0.1, 0.15) is 39.5 Å². The zero-order valence-corrected chi connectivity index (χ0v) is 10.3. The van der Waals surface area contributed by atoms with Gasteiger partial charge in [-0.1, -0.05) is 0 Å². The van der Waals surface area contributed by atoms with Gasteiger partial charge in [0.2, 0.25) is 5.91 Å². The zero-order valence-electron chi connectivity index (χ0n) is 9.51. The number of amides is 1. The van der Waals surface area contributed by atoms with Gasteiger partial charge in [0.1, 0.15) is 0 Å². The molecule has 1 amide bonds. The van der Waals surface area contributed by atoms with Crippen LogP contribution >= 0.6 is 12.4 Å². The third-order valence-corrected chi connectivity index (χ3v) is 3.52. The molecule has 4 heteroatoms. The van der Waals surface area contributed by atoms with E-state index in [0.717, 1.165) is 32.2 Å². The van der Waals surface area contributed by atoms with E-state index in [1.165, 1.54) is 0 Å². The summed E-state index contributed by atoms with van der Waals surface area (Å²) in [6, 6.07) is 0.339. The minimum atomic E-state index is 0. The molecule has 0 bridgehead atoms. The Morgan fingerprint density at radius 3 is 2.67 bits per heavy atom. The zero-order chi connectivity index (χ0) is 10.2. The van der Waals surface area contributed by atoms with E-state index in [2.05, 4.69) is 24.5 Å². The lowest BCUT2D eigenvalue weighted by molar-refractivity contribution is -0.127. The topological polar surface area (TPSA) is 41.1 Å². The Morgan fingerprint density at radius 1 is 1.47 bits per heavy atom. The van der Waals surface area contributed by atoms with Crippen LogP contribution in [-0.4, -0.2) is 24.0 Å². The van der Waals surface area contributed by atoms with Crippen molar-refractivity contribution in [3.05, 3.63) is 0 Å². The number of hydrogen-bond acceptors (Lipinski definition) is 2. The van der Waals surface area contributed by atoms with E-state index < -0.39 is 0 Å². The van der Waals surface area contributed by atoms with Gasteiger partial charge in [0.05, 0.1) is 5.92 Å². The molecule has 1 heterocycles. The highest BCUT2D eigenvalue weighted by Crippen LogP contribution is 2.35. The van der Waals surface area contributed by atoms with E-state index in [0.29, 0.717) is 6.04 Å². The summed E-state index contributed by atoms with van der Waals surface area (Å²) in [5, 5.41) is 6.51. The van der Waals surface area contributed by atoms with Gasteiger partial charge in [0, 0.05) is 11.6 Å². The van der Waals surface area contributed by atoms with E-state index in [1.54, 1.807) is 0 Å². The fraction of sp³-hybridized carbons (Fsp3) is 0.909. The molecule has 0 spiro atoms. The second-order valence-corrected chi connectivity index (χ2v) is 5.04. The molecular weight excluding hydrogens is 212 g/mol. The van der Waals surface area contributed by atoms with Crippen molar-refractivity contribution < 1.29 is 4.79 Å². The summed E-state index contributed by atoms with van der Waals surface area (Å²) >= 11 is 0. The van der Waals surface area contributed by atoms with Gasteiger partial charge in [-0.25, -0.2) is 0 Å². The predicted molar refractivity (Wildman–Crippen MR) is 63.2 cm³/mol. The number of hydrogen-bond donors (Lipinski definition) is 2. The first-order valence-corrected chi connectivity index (χ1v) is 5.66. The first-order chi connectivity index (χ1) is 6.61. The molecule has 1 aliphatic carbocycles. The number of halogens is 1. The largest absolute Gasteiger partial charge is 0.351 e. The Morgan fingerprint density at radius 2 is 2.13 bits per heavy atom. The molecule has 3 nitrogen and oxygen atoms in total. The molecule has 1 saturated heterocycles. The molecule has 0 aromatic carbocycles. The number of carbonyl (C=O) groups excluding carboxylic acids is 1. The summed E-state index contributed by atoms with van der Waals surface area (Å²) in [4.78, 5) is 11.9. The highest BCUT2D eigenvalue weighted by atomic mass is 35.5. The molecule has 0 unspecified atom stereocenters. The molecule has 2 rings (SSSR count). The van der Waals surface area contributed by atoms with Crippen LogP contribution in [0.5, 0.6) is 0 Å². The van der Waals surface area contributed by atoms with Crippen molar-refractivity contribution in [1.82, 2.24) is 10.6 Å². The first kappa shape index (κ1) is 12.8. The van der Waals surface area contributed by atoms with Crippen LogP contribution in [-0.2, 0) is 4.79 Å². The highest BCUT2D eigenvalue weighted by molar-refractivity contribution is 5.85. The fourth-order valence-corrected chi connectivity index (χ4v) is 2.10. The molecule has 88 valence electrons. The quantitative estimate of drug-likeness (QED) is 0.757. The Kier molecular flexibility index (Phi) is 4.01. The third kappa shape index (κ3) is 3.08. The third-order valence-electron chi connectivity index (χ3n) is 3.52. The first-order valence-electron chi connectivity index (χ1n) is 5.66. The standard InChI is InChI=1S/C11H20N2O.ClH/c1-8-9(4-3-7-12-8)10(14)13-11(2)5-6-11;/h8-9,12H,3-7H2,1-2H3,(H,13,14);1H/t8-,9-;/m1./s1. The summed E-state index contributed by atoms with van der Waals surface area (Å²) in [5.74, 6) is 0.436. The van der Waals surface area contributed by atoms with Gasteiger partial charge in [0.15, 0.2) is 0 Å². The lowest BCUT2D eigenvalue weighted by Gasteiger charge is -2.30. The smallest absolute Gasteiger partial charge is 0.225 e. The van der Waals surface area contributed by atoms with Gasteiger partial charge >= 0.3 is 0 Å². The van der Waals surface area contributed by atoms with E-state index in [-0.39, 0.29) is 29.8 Å². The highest BCUT2D eigenvalue weighted by Gasteiger charge is 2.40. The Bertz CT molecular complexity index is 241. The van der Waals surface area contributed by atoms with Crippen LogP contribution in [0.15, 0.2) is 0 Å². The van der Waals surface area contributed by atoms with E-state index in [9.17, 15) is 4.79 Å². The normalized spacial score (nSPS) is 32.7. The average molecular weight is 233 g/mol. The summed E-state index contributed by atoms with van der Waals surface area (Å²) in [5.41, 5.74) is 0.133.